The lowest BCUT2D eigenvalue weighted by atomic mass is 10.0. The number of anilines is 2. The first-order valence-corrected chi connectivity index (χ1v) is 9.47. The zero-order valence-corrected chi connectivity index (χ0v) is 16.1. The molecule has 144 valence electrons. The van der Waals surface area contributed by atoms with Gasteiger partial charge in [0.1, 0.15) is 5.82 Å². The van der Waals surface area contributed by atoms with Crippen molar-refractivity contribution in [3.05, 3.63) is 53.7 Å². The Morgan fingerprint density at radius 3 is 2.52 bits per heavy atom. The van der Waals surface area contributed by atoms with Gasteiger partial charge in [-0.15, -0.1) is 0 Å². The van der Waals surface area contributed by atoms with Gasteiger partial charge in [-0.05, 0) is 51.1 Å². The van der Waals surface area contributed by atoms with Crippen LogP contribution in [-0.2, 0) is 0 Å². The van der Waals surface area contributed by atoms with E-state index >= 15 is 0 Å². The van der Waals surface area contributed by atoms with Gasteiger partial charge >= 0.3 is 0 Å². The van der Waals surface area contributed by atoms with Crippen LogP contribution >= 0.6 is 0 Å². The third-order valence-electron chi connectivity index (χ3n) is 5.18. The number of hydrogen-bond acceptors (Lipinski definition) is 5. The molecule has 1 saturated heterocycles. The Morgan fingerprint density at radius 1 is 1.22 bits per heavy atom. The smallest absolute Gasteiger partial charge is 0.257 e. The van der Waals surface area contributed by atoms with Crippen molar-refractivity contribution in [2.75, 3.05) is 43.5 Å². The summed E-state index contributed by atoms with van der Waals surface area (Å²) < 4.78 is 0. The number of benzene rings is 1. The SMILES string of the molecule is Cc1ccc(NC(=O)c2ccc(N3CCC(N(C)CCO)CC3)nc2)cc1. The van der Waals surface area contributed by atoms with E-state index in [1.807, 2.05) is 43.3 Å². The maximum absolute atomic E-state index is 12.4. The molecule has 1 aromatic carbocycles. The van der Waals surface area contributed by atoms with Gasteiger partial charge in [-0.3, -0.25) is 4.79 Å². The summed E-state index contributed by atoms with van der Waals surface area (Å²) in [7, 11) is 2.07. The van der Waals surface area contributed by atoms with Gasteiger partial charge in [0.05, 0.1) is 12.2 Å². The summed E-state index contributed by atoms with van der Waals surface area (Å²) in [5.41, 5.74) is 2.49. The van der Waals surface area contributed by atoms with Crippen LogP contribution in [-0.4, -0.2) is 60.2 Å². The molecule has 27 heavy (non-hydrogen) atoms. The molecule has 6 nitrogen and oxygen atoms in total. The number of rotatable bonds is 6. The quantitative estimate of drug-likeness (QED) is 0.820. The first kappa shape index (κ1) is 19.3. The number of pyridine rings is 1. The Hall–Kier alpha value is -2.44. The summed E-state index contributed by atoms with van der Waals surface area (Å²) in [5, 5.41) is 12.0. The van der Waals surface area contributed by atoms with Crippen LogP contribution in [0, 0.1) is 6.92 Å². The standard InChI is InChI=1S/C21H28N4O2/c1-16-3-6-18(7-4-16)23-21(27)17-5-8-20(22-15-17)25-11-9-19(10-12-25)24(2)13-14-26/h3-8,15,19,26H,9-14H2,1-2H3,(H,23,27). The zero-order valence-electron chi connectivity index (χ0n) is 16.1. The van der Waals surface area contributed by atoms with E-state index in [1.165, 1.54) is 0 Å². The molecule has 1 aliphatic rings. The molecule has 0 atom stereocenters. The predicted octanol–water partition coefficient (Wildman–Crippen LogP) is 2.54. The average Bonchev–Trinajstić information content (AvgIpc) is 2.70. The minimum absolute atomic E-state index is 0.151. The molecule has 1 aromatic heterocycles. The number of nitrogens with zero attached hydrogens (tertiary/aromatic N) is 3. The molecule has 6 heteroatoms. The number of piperidine rings is 1. The highest BCUT2D eigenvalue weighted by Gasteiger charge is 2.23. The Balaban J connectivity index is 1.56. The molecule has 1 amide bonds. The minimum atomic E-state index is -0.151. The molecule has 2 aromatic rings. The lowest BCUT2D eigenvalue weighted by Crippen LogP contribution is -2.44. The topological polar surface area (TPSA) is 68.7 Å². The number of aliphatic hydroxyl groups excluding tert-OH is 1. The van der Waals surface area contributed by atoms with Crippen LogP contribution in [0.1, 0.15) is 28.8 Å². The lowest BCUT2D eigenvalue weighted by Gasteiger charge is -2.37. The van der Waals surface area contributed by atoms with E-state index in [4.69, 9.17) is 5.11 Å². The Labute approximate surface area is 160 Å². The van der Waals surface area contributed by atoms with E-state index in [9.17, 15) is 4.79 Å². The largest absolute Gasteiger partial charge is 0.395 e. The second-order valence-electron chi connectivity index (χ2n) is 7.15. The summed E-state index contributed by atoms with van der Waals surface area (Å²) in [6, 6.07) is 12.0. The first-order chi connectivity index (χ1) is 13.1. The number of carbonyl (C=O) groups excluding carboxylic acids is 1. The van der Waals surface area contributed by atoms with E-state index in [0.717, 1.165) is 43.0 Å². The van der Waals surface area contributed by atoms with Crippen LogP contribution < -0.4 is 10.2 Å². The number of aryl methyl sites for hydroxylation is 1. The fourth-order valence-electron chi connectivity index (χ4n) is 3.42. The van der Waals surface area contributed by atoms with Crippen molar-refractivity contribution in [1.82, 2.24) is 9.88 Å². The van der Waals surface area contributed by atoms with Gasteiger partial charge in [-0.2, -0.15) is 0 Å². The Morgan fingerprint density at radius 2 is 1.93 bits per heavy atom. The van der Waals surface area contributed by atoms with Gasteiger partial charge in [0.2, 0.25) is 0 Å². The van der Waals surface area contributed by atoms with Crippen molar-refractivity contribution in [3.63, 3.8) is 0 Å². The molecule has 3 rings (SSSR count). The highest BCUT2D eigenvalue weighted by molar-refractivity contribution is 6.04. The second kappa shape index (κ2) is 8.97. The van der Waals surface area contributed by atoms with Crippen molar-refractivity contribution in [2.45, 2.75) is 25.8 Å². The number of amides is 1. The summed E-state index contributed by atoms with van der Waals surface area (Å²) in [5.74, 6) is 0.757. The molecule has 2 heterocycles. The number of carbonyl (C=O) groups is 1. The van der Waals surface area contributed by atoms with Crippen molar-refractivity contribution >= 4 is 17.4 Å². The van der Waals surface area contributed by atoms with E-state index < -0.39 is 0 Å². The van der Waals surface area contributed by atoms with Crippen LogP contribution in [0.4, 0.5) is 11.5 Å². The highest BCUT2D eigenvalue weighted by atomic mass is 16.3. The number of nitrogens with one attached hydrogen (secondary N) is 1. The number of aromatic nitrogens is 1. The molecule has 0 saturated carbocycles. The van der Waals surface area contributed by atoms with Gasteiger partial charge in [0, 0.05) is 37.6 Å². The first-order valence-electron chi connectivity index (χ1n) is 9.47. The van der Waals surface area contributed by atoms with Gasteiger partial charge in [0.15, 0.2) is 0 Å². The fraction of sp³-hybridized carbons (Fsp3) is 0.429. The lowest BCUT2D eigenvalue weighted by molar-refractivity contribution is 0.102. The molecule has 0 unspecified atom stereocenters. The fourth-order valence-corrected chi connectivity index (χ4v) is 3.42. The molecule has 0 bridgehead atoms. The van der Waals surface area contributed by atoms with Gasteiger partial charge in [0.25, 0.3) is 5.91 Å². The molecule has 1 fully saturated rings. The normalized spacial score (nSPS) is 15.2. The number of likely N-dealkylation sites (N-methyl/N-ethyl adjacent to an activating group) is 1. The molecule has 2 N–H and O–H groups in total. The average molecular weight is 368 g/mol. The highest BCUT2D eigenvalue weighted by Crippen LogP contribution is 2.21. The molecular formula is C21H28N4O2. The summed E-state index contributed by atoms with van der Waals surface area (Å²) in [6.07, 6.45) is 3.74. The molecular weight excluding hydrogens is 340 g/mol. The van der Waals surface area contributed by atoms with Crippen LogP contribution in [0.2, 0.25) is 0 Å². The van der Waals surface area contributed by atoms with Gasteiger partial charge in [-0.1, -0.05) is 17.7 Å². The maximum Gasteiger partial charge on any atom is 0.257 e. The third-order valence-corrected chi connectivity index (χ3v) is 5.18. The van der Waals surface area contributed by atoms with Crippen molar-refractivity contribution in [3.8, 4) is 0 Å². The van der Waals surface area contributed by atoms with Crippen LogP contribution in [0.25, 0.3) is 0 Å². The van der Waals surface area contributed by atoms with Crippen LogP contribution in [0.3, 0.4) is 0 Å². The Kier molecular flexibility index (Phi) is 6.42. The molecule has 0 aliphatic carbocycles. The molecule has 0 radical (unpaired) electrons. The number of hydrogen-bond donors (Lipinski definition) is 2. The predicted molar refractivity (Wildman–Crippen MR) is 108 cm³/mol. The van der Waals surface area contributed by atoms with Gasteiger partial charge < -0.3 is 20.2 Å². The zero-order chi connectivity index (χ0) is 19.2. The maximum atomic E-state index is 12.4. The van der Waals surface area contributed by atoms with Crippen molar-refractivity contribution in [1.29, 1.82) is 0 Å². The monoisotopic (exact) mass is 368 g/mol. The molecule has 1 aliphatic heterocycles. The van der Waals surface area contributed by atoms with Crippen LogP contribution in [0.15, 0.2) is 42.6 Å². The van der Waals surface area contributed by atoms with Crippen molar-refractivity contribution < 1.29 is 9.90 Å². The Bertz CT molecular complexity index is 738. The summed E-state index contributed by atoms with van der Waals surface area (Å²) >= 11 is 0. The van der Waals surface area contributed by atoms with E-state index in [-0.39, 0.29) is 12.5 Å². The van der Waals surface area contributed by atoms with Crippen molar-refractivity contribution in [2.24, 2.45) is 0 Å². The minimum Gasteiger partial charge on any atom is -0.395 e. The van der Waals surface area contributed by atoms with Crippen LogP contribution in [0.5, 0.6) is 0 Å². The second-order valence-corrected chi connectivity index (χ2v) is 7.15. The van der Waals surface area contributed by atoms with Gasteiger partial charge in [-0.25, -0.2) is 4.98 Å². The number of aliphatic hydroxyl groups is 1. The van der Waals surface area contributed by atoms with E-state index in [0.29, 0.717) is 18.2 Å². The third kappa shape index (κ3) is 5.05. The van der Waals surface area contributed by atoms with E-state index in [1.54, 1.807) is 6.20 Å². The summed E-state index contributed by atoms with van der Waals surface area (Å²) in [6.45, 7) is 4.80. The van der Waals surface area contributed by atoms with E-state index in [2.05, 4.69) is 27.1 Å². The molecule has 0 spiro atoms. The summed E-state index contributed by atoms with van der Waals surface area (Å²) in [4.78, 5) is 21.4.